The fourth-order valence-corrected chi connectivity index (χ4v) is 0.668. The Morgan fingerprint density at radius 2 is 1.54 bits per heavy atom. The summed E-state index contributed by atoms with van der Waals surface area (Å²) in [5, 5.41) is 51.8. The van der Waals surface area contributed by atoms with E-state index in [1.165, 1.54) is 0 Å². The molecule has 0 saturated heterocycles. The van der Waals surface area contributed by atoms with Gasteiger partial charge in [-0.2, -0.15) is 0 Å². The molecule has 0 aliphatic heterocycles. The number of hydrogen-bond donors (Lipinski definition) is 6. The van der Waals surface area contributed by atoms with E-state index in [4.69, 9.17) is 30.6 Å². The Morgan fingerprint density at radius 3 is 1.85 bits per heavy atom. The molecule has 0 amide bonds. The molecule has 78 valence electrons. The number of carboxylic acid groups (broad SMARTS) is 1. The Morgan fingerprint density at radius 1 is 1.08 bits per heavy atom. The van der Waals surface area contributed by atoms with Crippen LogP contribution < -0.4 is 0 Å². The molecule has 0 rings (SSSR count). The minimum atomic E-state index is -2.20. The molecule has 4 atom stereocenters. The van der Waals surface area contributed by atoms with Gasteiger partial charge >= 0.3 is 5.97 Å². The molecule has 0 aromatic carbocycles. The number of hydrogen-bond acceptors (Lipinski definition) is 6. The number of aliphatic hydroxyl groups excluding tert-OH is 5. The second-order valence-corrected chi connectivity index (χ2v) is 2.51. The minimum absolute atomic E-state index is 0.843. The standard InChI is InChI=1S/C6H12O7/c7-1-2(8)3(9)4(10)5(11)6(12)13/h2-5,7-11H,1H2,(H,12,13)/t2-,3+,4-,5-/m1/s1. The van der Waals surface area contributed by atoms with Gasteiger partial charge in [0, 0.05) is 0 Å². The van der Waals surface area contributed by atoms with Gasteiger partial charge in [-0.25, -0.2) is 4.79 Å². The number of carboxylic acids is 1. The number of aliphatic carboxylic acids is 1. The molecular weight excluding hydrogens is 184 g/mol. The second-order valence-electron chi connectivity index (χ2n) is 2.51. The summed E-state index contributed by atoms with van der Waals surface area (Å²) in [6, 6.07) is 0. The molecule has 0 heterocycles. The molecule has 0 aliphatic rings. The van der Waals surface area contributed by atoms with Gasteiger partial charge in [0.15, 0.2) is 6.10 Å². The van der Waals surface area contributed by atoms with Crippen molar-refractivity contribution < 1.29 is 35.4 Å². The van der Waals surface area contributed by atoms with Crippen LogP contribution in [-0.2, 0) is 4.79 Å². The fourth-order valence-electron chi connectivity index (χ4n) is 0.668. The van der Waals surface area contributed by atoms with Crippen LogP contribution in [0.15, 0.2) is 0 Å². The molecule has 0 aromatic rings. The first-order valence-corrected chi connectivity index (χ1v) is 3.47. The third kappa shape index (κ3) is 3.25. The topological polar surface area (TPSA) is 138 Å². The van der Waals surface area contributed by atoms with E-state index in [0.717, 1.165) is 0 Å². The molecule has 0 aromatic heterocycles. The van der Waals surface area contributed by atoms with Crippen molar-refractivity contribution in [2.75, 3.05) is 6.61 Å². The third-order valence-electron chi connectivity index (χ3n) is 1.51. The van der Waals surface area contributed by atoms with Gasteiger partial charge in [0.2, 0.25) is 0 Å². The molecule has 0 bridgehead atoms. The molecule has 0 spiro atoms. The Kier molecular flexibility index (Phi) is 4.81. The summed E-state index contributed by atoms with van der Waals surface area (Å²) in [5.74, 6) is -1.73. The maximum atomic E-state index is 10.1. The fraction of sp³-hybridized carbons (Fsp3) is 0.833. The summed E-state index contributed by atoms with van der Waals surface area (Å²) in [5.41, 5.74) is 0. The van der Waals surface area contributed by atoms with Gasteiger partial charge in [-0.05, 0) is 0 Å². The SMILES string of the molecule is O=C(O)[C@H](O)[C@H](O)[C@@H](O)[C@H](O)CO. The predicted molar refractivity (Wildman–Crippen MR) is 38.7 cm³/mol. The quantitative estimate of drug-likeness (QED) is 0.268. The van der Waals surface area contributed by atoms with Crippen molar-refractivity contribution in [3.63, 3.8) is 0 Å². The van der Waals surface area contributed by atoms with Crippen LogP contribution in [0.5, 0.6) is 0 Å². The van der Waals surface area contributed by atoms with Crippen molar-refractivity contribution in [3.05, 3.63) is 0 Å². The molecule has 0 fully saturated rings. The van der Waals surface area contributed by atoms with Gasteiger partial charge in [0.05, 0.1) is 6.61 Å². The lowest BCUT2D eigenvalue weighted by molar-refractivity contribution is -0.164. The smallest absolute Gasteiger partial charge is 0.335 e. The van der Waals surface area contributed by atoms with Gasteiger partial charge < -0.3 is 30.6 Å². The second kappa shape index (κ2) is 5.10. The largest absolute Gasteiger partial charge is 0.479 e. The molecule has 13 heavy (non-hydrogen) atoms. The van der Waals surface area contributed by atoms with Gasteiger partial charge in [-0.15, -0.1) is 0 Å². The Balaban J connectivity index is 4.24. The highest BCUT2D eigenvalue weighted by molar-refractivity contribution is 5.72. The monoisotopic (exact) mass is 196 g/mol. The summed E-state index contributed by atoms with van der Waals surface area (Å²) in [6.07, 6.45) is -7.84. The molecule has 7 nitrogen and oxygen atoms in total. The first-order valence-electron chi connectivity index (χ1n) is 3.47. The van der Waals surface area contributed by atoms with Gasteiger partial charge in [0.1, 0.15) is 18.3 Å². The van der Waals surface area contributed by atoms with Gasteiger partial charge in [-0.1, -0.05) is 0 Å². The highest BCUT2D eigenvalue weighted by atomic mass is 16.4. The zero-order valence-corrected chi connectivity index (χ0v) is 6.61. The van der Waals surface area contributed by atoms with Gasteiger partial charge in [-0.3, -0.25) is 0 Å². The van der Waals surface area contributed by atoms with Crippen molar-refractivity contribution >= 4 is 5.97 Å². The first kappa shape index (κ1) is 12.3. The first-order chi connectivity index (χ1) is 5.91. The van der Waals surface area contributed by atoms with Crippen LogP contribution >= 0.6 is 0 Å². The van der Waals surface area contributed by atoms with Crippen LogP contribution in [0.25, 0.3) is 0 Å². The Bertz CT molecular complexity index is 170. The van der Waals surface area contributed by atoms with Crippen molar-refractivity contribution in [2.24, 2.45) is 0 Å². The molecule has 0 unspecified atom stereocenters. The zero-order chi connectivity index (χ0) is 10.6. The summed E-state index contributed by atoms with van der Waals surface area (Å²) in [7, 11) is 0. The van der Waals surface area contributed by atoms with Crippen LogP contribution in [0.1, 0.15) is 0 Å². The maximum absolute atomic E-state index is 10.1. The Labute approximate surface area is 73.5 Å². The molecule has 0 radical (unpaired) electrons. The molecule has 7 heteroatoms. The molecule has 6 N–H and O–H groups in total. The molecular formula is C6H12O7. The number of carbonyl (C=O) groups is 1. The van der Waals surface area contributed by atoms with Crippen LogP contribution in [0.3, 0.4) is 0 Å². The van der Waals surface area contributed by atoms with E-state index in [-0.39, 0.29) is 0 Å². The zero-order valence-electron chi connectivity index (χ0n) is 6.61. The summed E-state index contributed by atoms with van der Waals surface area (Å²) < 4.78 is 0. The van der Waals surface area contributed by atoms with Crippen molar-refractivity contribution in [1.29, 1.82) is 0 Å². The van der Waals surface area contributed by atoms with E-state index in [9.17, 15) is 4.79 Å². The van der Waals surface area contributed by atoms with Crippen LogP contribution in [0, 0.1) is 0 Å². The van der Waals surface area contributed by atoms with Crippen LogP contribution in [0.2, 0.25) is 0 Å². The van der Waals surface area contributed by atoms with Gasteiger partial charge in [0.25, 0.3) is 0 Å². The van der Waals surface area contributed by atoms with E-state index in [1.807, 2.05) is 0 Å². The van der Waals surface area contributed by atoms with E-state index in [2.05, 4.69) is 0 Å². The predicted octanol–water partition coefficient (Wildman–Crippen LogP) is -3.49. The van der Waals surface area contributed by atoms with Crippen LogP contribution in [0.4, 0.5) is 0 Å². The van der Waals surface area contributed by atoms with Crippen LogP contribution in [-0.4, -0.2) is 67.6 Å². The summed E-state index contributed by atoms with van der Waals surface area (Å²) >= 11 is 0. The highest BCUT2D eigenvalue weighted by Gasteiger charge is 2.33. The normalized spacial score (nSPS) is 20.4. The lowest BCUT2D eigenvalue weighted by Crippen LogP contribution is -2.48. The van der Waals surface area contributed by atoms with E-state index in [1.54, 1.807) is 0 Å². The highest BCUT2D eigenvalue weighted by Crippen LogP contribution is 2.04. The van der Waals surface area contributed by atoms with Crippen molar-refractivity contribution in [1.82, 2.24) is 0 Å². The average molecular weight is 196 g/mol. The lowest BCUT2D eigenvalue weighted by atomic mass is 10.0. The Hall–Kier alpha value is -0.730. The maximum Gasteiger partial charge on any atom is 0.335 e. The summed E-state index contributed by atoms with van der Waals surface area (Å²) in [6.45, 7) is -0.843. The average Bonchev–Trinajstić information content (AvgIpc) is 2.12. The molecule has 0 saturated carbocycles. The lowest BCUT2D eigenvalue weighted by Gasteiger charge is -2.23. The van der Waals surface area contributed by atoms with Crippen molar-refractivity contribution in [3.8, 4) is 0 Å². The van der Waals surface area contributed by atoms with E-state index < -0.39 is 37.0 Å². The number of aliphatic hydroxyl groups is 5. The van der Waals surface area contributed by atoms with E-state index in [0.29, 0.717) is 0 Å². The summed E-state index contributed by atoms with van der Waals surface area (Å²) in [4.78, 5) is 10.1. The minimum Gasteiger partial charge on any atom is -0.479 e. The third-order valence-corrected chi connectivity index (χ3v) is 1.51. The number of rotatable bonds is 5. The molecule has 0 aliphatic carbocycles. The van der Waals surface area contributed by atoms with E-state index >= 15 is 0 Å². The van der Waals surface area contributed by atoms with Crippen molar-refractivity contribution in [2.45, 2.75) is 24.4 Å².